The van der Waals surface area contributed by atoms with Crippen LogP contribution in [0.4, 0.5) is 11.4 Å². The maximum absolute atomic E-state index is 11.4. The Labute approximate surface area is 151 Å². The molecule has 0 saturated carbocycles. The zero-order chi connectivity index (χ0) is 19.3. The minimum Gasteiger partial charge on any atom is -0.497 e. The maximum Gasteiger partial charge on any atom is 0.293 e. The fourth-order valence-electron chi connectivity index (χ4n) is 2.24. The molecule has 0 radical (unpaired) electrons. The first-order chi connectivity index (χ1) is 12.2. The molecule has 0 saturated heterocycles. The molecule has 9 nitrogen and oxygen atoms in total. The molecule has 0 aliphatic rings. The summed E-state index contributed by atoms with van der Waals surface area (Å²) in [6.07, 6.45) is 0. The first-order valence-electron chi connectivity index (χ1n) is 7.51. The van der Waals surface area contributed by atoms with Gasteiger partial charge in [-0.3, -0.25) is 10.1 Å². The lowest BCUT2D eigenvalue weighted by molar-refractivity contribution is -0.384. The van der Waals surface area contributed by atoms with Crippen molar-refractivity contribution in [3.63, 3.8) is 0 Å². The van der Waals surface area contributed by atoms with E-state index in [1.807, 2.05) is 0 Å². The van der Waals surface area contributed by atoms with Gasteiger partial charge in [-0.05, 0) is 36.4 Å². The maximum atomic E-state index is 11.4. The Morgan fingerprint density at radius 2 is 1.77 bits per heavy atom. The molecule has 0 atom stereocenters. The number of nitro benzene ring substituents is 1. The van der Waals surface area contributed by atoms with Gasteiger partial charge in [-0.2, -0.15) is 0 Å². The Bertz CT molecular complexity index is 883. The minimum atomic E-state index is -4.02. The second-order valence-corrected chi connectivity index (χ2v) is 6.96. The normalized spacial score (nSPS) is 11.0. The highest BCUT2D eigenvalue weighted by molar-refractivity contribution is 7.89. The summed E-state index contributed by atoms with van der Waals surface area (Å²) >= 11 is 0. The van der Waals surface area contributed by atoms with Gasteiger partial charge in [0.25, 0.3) is 5.69 Å². The van der Waals surface area contributed by atoms with Crippen LogP contribution in [0, 0.1) is 10.1 Å². The summed E-state index contributed by atoms with van der Waals surface area (Å²) in [6, 6.07) is 10.6. The molecule has 26 heavy (non-hydrogen) atoms. The van der Waals surface area contributed by atoms with E-state index in [1.165, 1.54) is 12.1 Å². The lowest BCUT2D eigenvalue weighted by Crippen LogP contribution is -2.24. The van der Waals surface area contributed by atoms with E-state index in [4.69, 9.17) is 14.6 Å². The number of anilines is 1. The van der Waals surface area contributed by atoms with E-state index in [0.717, 1.165) is 6.07 Å². The third kappa shape index (κ3) is 4.83. The highest BCUT2D eigenvalue weighted by atomic mass is 32.2. The van der Waals surface area contributed by atoms with Crippen molar-refractivity contribution < 1.29 is 22.8 Å². The second kappa shape index (κ2) is 8.02. The molecule has 0 amide bonds. The van der Waals surface area contributed by atoms with Gasteiger partial charge in [-0.1, -0.05) is 0 Å². The van der Waals surface area contributed by atoms with Gasteiger partial charge < -0.3 is 14.4 Å². The predicted molar refractivity (Wildman–Crippen MR) is 96.2 cm³/mol. The molecule has 0 unspecified atom stereocenters. The largest absolute Gasteiger partial charge is 0.497 e. The summed E-state index contributed by atoms with van der Waals surface area (Å²) in [5, 5.41) is 16.3. The average Bonchev–Trinajstić information content (AvgIpc) is 2.60. The summed E-state index contributed by atoms with van der Waals surface area (Å²) in [4.78, 5) is 11.9. The zero-order valence-corrected chi connectivity index (χ0v) is 15.1. The van der Waals surface area contributed by atoms with Crippen molar-refractivity contribution in [3.05, 3.63) is 52.6 Å². The third-order valence-corrected chi connectivity index (χ3v) is 4.55. The smallest absolute Gasteiger partial charge is 0.293 e. The fourth-order valence-corrected chi connectivity index (χ4v) is 2.78. The lowest BCUT2D eigenvalue weighted by Gasteiger charge is -2.19. The van der Waals surface area contributed by atoms with E-state index in [2.05, 4.69) is 0 Å². The van der Waals surface area contributed by atoms with Crippen molar-refractivity contribution in [1.82, 2.24) is 0 Å². The number of nitro groups is 1. The van der Waals surface area contributed by atoms with E-state index in [9.17, 15) is 18.5 Å². The van der Waals surface area contributed by atoms with E-state index >= 15 is 0 Å². The standard InChI is InChI=1S/C16H19N3O6S/c1-18(9-10-25-13-5-3-12(24-2)4-6-13)15-8-7-14(26(17,22)23)11-16(15)19(20)21/h3-8,11H,9-10H2,1-2H3,(H2,17,22,23). The van der Waals surface area contributed by atoms with Crippen LogP contribution >= 0.6 is 0 Å². The van der Waals surface area contributed by atoms with E-state index in [1.54, 1.807) is 43.3 Å². The minimum absolute atomic E-state index is 0.265. The third-order valence-electron chi connectivity index (χ3n) is 3.64. The van der Waals surface area contributed by atoms with Gasteiger partial charge in [0.15, 0.2) is 0 Å². The van der Waals surface area contributed by atoms with Crippen LogP contribution in [0.2, 0.25) is 0 Å². The molecule has 2 aromatic rings. The first kappa shape index (κ1) is 19.5. The number of rotatable bonds is 8. The fraction of sp³-hybridized carbons (Fsp3) is 0.250. The number of benzene rings is 2. The highest BCUT2D eigenvalue weighted by Gasteiger charge is 2.21. The number of hydrogen-bond donors (Lipinski definition) is 1. The van der Waals surface area contributed by atoms with Gasteiger partial charge in [0.2, 0.25) is 10.0 Å². The quantitative estimate of drug-likeness (QED) is 0.545. The van der Waals surface area contributed by atoms with Crippen molar-refractivity contribution in [2.75, 3.05) is 32.2 Å². The Kier molecular flexibility index (Phi) is 6.01. The summed E-state index contributed by atoms with van der Waals surface area (Å²) in [5.41, 5.74) is -0.0794. The van der Waals surface area contributed by atoms with Crippen LogP contribution in [0.3, 0.4) is 0 Å². The van der Waals surface area contributed by atoms with Crippen molar-refractivity contribution in [1.29, 1.82) is 0 Å². The van der Waals surface area contributed by atoms with Gasteiger partial charge >= 0.3 is 0 Å². The van der Waals surface area contributed by atoms with Crippen LogP contribution in [0.25, 0.3) is 0 Å². The van der Waals surface area contributed by atoms with Crippen molar-refractivity contribution in [2.45, 2.75) is 4.90 Å². The van der Waals surface area contributed by atoms with Gasteiger partial charge in [-0.15, -0.1) is 0 Å². The summed E-state index contributed by atoms with van der Waals surface area (Å²) in [6.45, 7) is 0.624. The second-order valence-electron chi connectivity index (χ2n) is 5.40. The molecular weight excluding hydrogens is 362 g/mol. The van der Waals surface area contributed by atoms with Crippen LogP contribution < -0.4 is 19.5 Å². The van der Waals surface area contributed by atoms with Crippen LogP contribution in [0.1, 0.15) is 0 Å². The summed E-state index contributed by atoms with van der Waals surface area (Å²) in [5.74, 6) is 1.35. The molecule has 10 heteroatoms. The Morgan fingerprint density at radius 1 is 1.15 bits per heavy atom. The number of primary sulfonamides is 1. The molecule has 0 aliphatic heterocycles. The number of nitrogens with zero attached hydrogens (tertiary/aromatic N) is 2. The zero-order valence-electron chi connectivity index (χ0n) is 14.3. The number of hydrogen-bond acceptors (Lipinski definition) is 7. The molecule has 0 bridgehead atoms. The molecule has 2 N–H and O–H groups in total. The summed E-state index contributed by atoms with van der Waals surface area (Å²) in [7, 11) is -0.800. The molecule has 140 valence electrons. The van der Waals surface area contributed by atoms with Crippen molar-refractivity contribution in [3.8, 4) is 11.5 Å². The SMILES string of the molecule is COc1ccc(OCCN(C)c2ccc(S(N)(=O)=O)cc2[N+](=O)[O-])cc1. The molecule has 2 rings (SSSR count). The van der Waals surface area contributed by atoms with E-state index in [-0.39, 0.29) is 22.9 Å². The lowest BCUT2D eigenvalue weighted by atomic mass is 10.2. The van der Waals surface area contributed by atoms with Gasteiger partial charge in [0.05, 0.1) is 23.5 Å². The van der Waals surface area contributed by atoms with Gasteiger partial charge in [0, 0.05) is 13.1 Å². The monoisotopic (exact) mass is 381 g/mol. The summed E-state index contributed by atoms with van der Waals surface area (Å²) < 4.78 is 33.4. The van der Waals surface area contributed by atoms with E-state index < -0.39 is 14.9 Å². The van der Waals surface area contributed by atoms with Crippen molar-refractivity contribution in [2.24, 2.45) is 5.14 Å². The van der Waals surface area contributed by atoms with Gasteiger partial charge in [-0.25, -0.2) is 13.6 Å². The van der Waals surface area contributed by atoms with E-state index in [0.29, 0.717) is 18.0 Å². The number of ether oxygens (including phenoxy) is 2. The van der Waals surface area contributed by atoms with Crippen LogP contribution in [0.15, 0.2) is 47.4 Å². The molecule has 2 aromatic carbocycles. The topological polar surface area (TPSA) is 125 Å². The Hall–Kier alpha value is -2.85. The van der Waals surface area contributed by atoms with Crippen molar-refractivity contribution >= 4 is 21.4 Å². The molecule has 0 spiro atoms. The number of nitrogens with two attached hydrogens (primary N) is 1. The molecular formula is C16H19N3O6S. The number of likely N-dealkylation sites (N-methyl/N-ethyl adjacent to an activating group) is 1. The average molecular weight is 381 g/mol. The molecule has 0 aromatic heterocycles. The Balaban J connectivity index is 2.08. The number of methoxy groups -OCH3 is 1. The molecule has 0 aliphatic carbocycles. The molecule has 0 fully saturated rings. The van der Waals surface area contributed by atoms with Crippen LogP contribution in [-0.2, 0) is 10.0 Å². The van der Waals surface area contributed by atoms with Crippen LogP contribution in [-0.4, -0.2) is 40.7 Å². The predicted octanol–water partition coefficient (Wildman–Crippen LogP) is 1.77. The molecule has 0 heterocycles. The van der Waals surface area contributed by atoms with Gasteiger partial charge in [0.1, 0.15) is 23.8 Å². The first-order valence-corrected chi connectivity index (χ1v) is 9.06. The Morgan fingerprint density at radius 3 is 2.31 bits per heavy atom. The highest BCUT2D eigenvalue weighted by Crippen LogP contribution is 2.29. The van der Waals surface area contributed by atoms with Crippen LogP contribution in [0.5, 0.6) is 11.5 Å². The number of sulfonamides is 1.